The van der Waals surface area contributed by atoms with E-state index in [-0.39, 0.29) is 11.7 Å². The summed E-state index contributed by atoms with van der Waals surface area (Å²) in [5.74, 6) is -1.97. The van der Waals surface area contributed by atoms with Crippen LogP contribution in [0, 0.1) is 5.82 Å². The van der Waals surface area contributed by atoms with E-state index in [2.05, 4.69) is 4.98 Å². The third kappa shape index (κ3) is 1.85. The van der Waals surface area contributed by atoms with Crippen molar-refractivity contribution in [3.8, 4) is 11.3 Å². The van der Waals surface area contributed by atoms with Crippen molar-refractivity contribution >= 4 is 5.97 Å². The van der Waals surface area contributed by atoms with E-state index in [1.54, 1.807) is 0 Å². The van der Waals surface area contributed by atoms with E-state index in [0.717, 1.165) is 0 Å². The molecule has 1 N–H and O–H groups in total. The molecule has 0 unspecified atom stereocenters. The van der Waals surface area contributed by atoms with Gasteiger partial charge >= 0.3 is 11.9 Å². The van der Waals surface area contributed by atoms with Crippen LogP contribution in [0.5, 0.6) is 0 Å². The van der Waals surface area contributed by atoms with Gasteiger partial charge in [-0.1, -0.05) is 0 Å². The summed E-state index contributed by atoms with van der Waals surface area (Å²) in [5.41, 5.74) is 0.972. The molecule has 0 saturated heterocycles. The van der Waals surface area contributed by atoms with Crippen LogP contribution in [0.1, 0.15) is 10.7 Å². The maximum absolute atomic E-state index is 12.6. The Morgan fingerprint density at radius 3 is 2.53 bits per heavy atom. The Labute approximate surface area is 84.0 Å². The number of hydrogen-bond donors (Lipinski definition) is 1. The van der Waals surface area contributed by atoms with Gasteiger partial charge in [0.2, 0.25) is 0 Å². The normalized spacial score (nSPS) is 10.2. The first kappa shape index (κ1) is 9.39. The van der Waals surface area contributed by atoms with Gasteiger partial charge in [0.1, 0.15) is 17.8 Å². The number of benzene rings is 1. The van der Waals surface area contributed by atoms with E-state index in [0.29, 0.717) is 11.3 Å². The second kappa shape index (κ2) is 3.53. The Morgan fingerprint density at radius 2 is 2.00 bits per heavy atom. The molecular formula is C10H6FNO3. The van der Waals surface area contributed by atoms with E-state index in [4.69, 9.17) is 9.52 Å². The fraction of sp³-hybridized carbons (Fsp3) is 0. The van der Waals surface area contributed by atoms with Crippen LogP contribution in [-0.2, 0) is 0 Å². The third-order valence-electron chi connectivity index (χ3n) is 1.83. The van der Waals surface area contributed by atoms with Gasteiger partial charge in [-0.2, -0.15) is 0 Å². The fourth-order valence-electron chi connectivity index (χ4n) is 1.13. The van der Waals surface area contributed by atoms with Crippen LogP contribution in [-0.4, -0.2) is 16.1 Å². The van der Waals surface area contributed by atoms with Crippen LogP contribution < -0.4 is 0 Å². The summed E-state index contributed by atoms with van der Waals surface area (Å²) in [4.78, 5) is 14.2. The second-order valence-corrected chi connectivity index (χ2v) is 2.85. The summed E-state index contributed by atoms with van der Waals surface area (Å²) >= 11 is 0. The van der Waals surface area contributed by atoms with Gasteiger partial charge in [0.15, 0.2) is 0 Å². The SMILES string of the molecule is O=C(O)c1nc(-c2ccc(F)cc2)co1. The van der Waals surface area contributed by atoms with Gasteiger partial charge < -0.3 is 9.52 Å². The summed E-state index contributed by atoms with van der Waals surface area (Å²) < 4.78 is 17.3. The van der Waals surface area contributed by atoms with Crippen molar-refractivity contribution < 1.29 is 18.7 Å². The van der Waals surface area contributed by atoms with Crippen molar-refractivity contribution in [3.05, 3.63) is 42.2 Å². The molecule has 5 heteroatoms. The second-order valence-electron chi connectivity index (χ2n) is 2.85. The lowest BCUT2D eigenvalue weighted by molar-refractivity contribution is 0.0653. The molecule has 76 valence electrons. The van der Waals surface area contributed by atoms with Crippen LogP contribution >= 0.6 is 0 Å². The minimum atomic E-state index is -1.23. The first-order valence-electron chi connectivity index (χ1n) is 4.11. The zero-order valence-corrected chi connectivity index (χ0v) is 7.48. The molecule has 0 fully saturated rings. The molecule has 0 aliphatic heterocycles. The van der Waals surface area contributed by atoms with Gasteiger partial charge in [0, 0.05) is 5.56 Å². The Bertz CT molecular complexity index is 490. The number of carboxylic acid groups (broad SMARTS) is 1. The summed E-state index contributed by atoms with van der Waals surface area (Å²) in [5, 5.41) is 8.57. The molecule has 0 aliphatic carbocycles. The molecule has 1 heterocycles. The maximum Gasteiger partial charge on any atom is 0.392 e. The number of nitrogens with zero attached hydrogens (tertiary/aromatic N) is 1. The molecule has 1 aromatic heterocycles. The lowest BCUT2D eigenvalue weighted by Gasteiger charge is -1.93. The number of carbonyl (C=O) groups is 1. The first-order chi connectivity index (χ1) is 7.16. The number of aromatic nitrogens is 1. The lowest BCUT2D eigenvalue weighted by atomic mass is 10.2. The predicted octanol–water partition coefficient (Wildman–Crippen LogP) is 2.18. The summed E-state index contributed by atoms with van der Waals surface area (Å²) in [6.45, 7) is 0. The molecule has 0 spiro atoms. The Morgan fingerprint density at radius 1 is 1.33 bits per heavy atom. The highest BCUT2D eigenvalue weighted by Gasteiger charge is 2.11. The van der Waals surface area contributed by atoms with Gasteiger partial charge in [-0.3, -0.25) is 0 Å². The van der Waals surface area contributed by atoms with Gasteiger partial charge in [-0.25, -0.2) is 14.2 Å². The van der Waals surface area contributed by atoms with Crippen LogP contribution in [0.2, 0.25) is 0 Å². The number of hydrogen-bond acceptors (Lipinski definition) is 3. The zero-order chi connectivity index (χ0) is 10.8. The highest BCUT2D eigenvalue weighted by atomic mass is 19.1. The molecule has 2 rings (SSSR count). The summed E-state index contributed by atoms with van der Waals surface area (Å²) in [6.07, 6.45) is 1.22. The van der Waals surface area contributed by atoms with E-state index < -0.39 is 5.97 Å². The molecule has 0 bridgehead atoms. The van der Waals surface area contributed by atoms with Crippen LogP contribution in [0.3, 0.4) is 0 Å². The van der Waals surface area contributed by atoms with Gasteiger partial charge in [0.05, 0.1) is 0 Å². The molecular weight excluding hydrogens is 201 g/mol. The van der Waals surface area contributed by atoms with Crippen molar-refractivity contribution in [2.75, 3.05) is 0 Å². The largest absolute Gasteiger partial charge is 0.474 e. The molecule has 0 saturated carbocycles. The minimum absolute atomic E-state index is 0.360. The fourth-order valence-corrected chi connectivity index (χ4v) is 1.13. The van der Waals surface area contributed by atoms with Crippen LogP contribution in [0.4, 0.5) is 4.39 Å². The number of rotatable bonds is 2. The van der Waals surface area contributed by atoms with E-state index >= 15 is 0 Å². The molecule has 0 radical (unpaired) electrons. The summed E-state index contributed by atoms with van der Waals surface area (Å²) in [7, 11) is 0. The van der Waals surface area contributed by atoms with E-state index in [1.807, 2.05) is 0 Å². The van der Waals surface area contributed by atoms with Crippen molar-refractivity contribution in [3.63, 3.8) is 0 Å². The molecule has 0 amide bonds. The van der Waals surface area contributed by atoms with Gasteiger partial charge in [-0.15, -0.1) is 0 Å². The highest BCUT2D eigenvalue weighted by molar-refractivity contribution is 5.83. The molecule has 4 nitrogen and oxygen atoms in total. The molecule has 0 atom stereocenters. The van der Waals surface area contributed by atoms with Crippen molar-refractivity contribution in [1.29, 1.82) is 0 Å². The van der Waals surface area contributed by atoms with Gasteiger partial charge in [-0.05, 0) is 24.3 Å². The minimum Gasteiger partial charge on any atom is -0.474 e. The highest BCUT2D eigenvalue weighted by Crippen LogP contribution is 2.18. The predicted molar refractivity (Wildman–Crippen MR) is 48.9 cm³/mol. The average molecular weight is 207 g/mol. The molecule has 2 aromatic rings. The molecule has 0 aliphatic rings. The Hall–Kier alpha value is -2.17. The monoisotopic (exact) mass is 207 g/mol. The third-order valence-corrected chi connectivity index (χ3v) is 1.83. The molecule has 1 aromatic carbocycles. The van der Waals surface area contributed by atoms with E-state index in [1.165, 1.54) is 30.5 Å². The average Bonchev–Trinajstić information content (AvgIpc) is 2.68. The lowest BCUT2D eigenvalue weighted by Crippen LogP contribution is -1.95. The standard InChI is InChI=1S/C10H6FNO3/c11-7-3-1-6(2-4-7)8-5-15-9(12-8)10(13)14/h1-5H,(H,13,14). The Kier molecular flexibility index (Phi) is 2.21. The van der Waals surface area contributed by atoms with Crippen molar-refractivity contribution in [1.82, 2.24) is 4.98 Å². The number of aromatic carboxylic acids is 1. The van der Waals surface area contributed by atoms with E-state index in [9.17, 15) is 9.18 Å². The number of carboxylic acids is 1. The smallest absolute Gasteiger partial charge is 0.392 e. The first-order valence-corrected chi connectivity index (χ1v) is 4.11. The zero-order valence-electron chi connectivity index (χ0n) is 7.48. The summed E-state index contributed by atoms with van der Waals surface area (Å²) in [6, 6.07) is 5.53. The topological polar surface area (TPSA) is 63.3 Å². The number of oxazole rings is 1. The quantitative estimate of drug-likeness (QED) is 0.819. The van der Waals surface area contributed by atoms with Crippen LogP contribution in [0.15, 0.2) is 34.9 Å². The van der Waals surface area contributed by atoms with Crippen LogP contribution in [0.25, 0.3) is 11.3 Å². The van der Waals surface area contributed by atoms with Crippen molar-refractivity contribution in [2.24, 2.45) is 0 Å². The molecule has 15 heavy (non-hydrogen) atoms. The van der Waals surface area contributed by atoms with Crippen molar-refractivity contribution in [2.45, 2.75) is 0 Å². The van der Waals surface area contributed by atoms with Gasteiger partial charge in [0.25, 0.3) is 0 Å². The maximum atomic E-state index is 12.6. The number of halogens is 1. The Balaban J connectivity index is 2.37.